The molecule has 1 N–H and O–H groups in total. The molecule has 3 nitrogen and oxygen atoms in total. The number of fused-ring (bicyclic) bond motifs is 1. The van der Waals surface area contributed by atoms with E-state index in [-0.39, 0.29) is 0 Å². The molecule has 0 radical (unpaired) electrons. The fraction of sp³-hybridized carbons (Fsp3) is 0.438. The molecule has 0 amide bonds. The number of carbonyl (C=O) groups is 1. The van der Waals surface area contributed by atoms with E-state index in [0.717, 1.165) is 11.7 Å². The maximum absolute atomic E-state index is 11.4. The van der Waals surface area contributed by atoms with Crippen LogP contribution >= 0.6 is 11.8 Å². The van der Waals surface area contributed by atoms with E-state index in [1.165, 1.54) is 25.7 Å². The zero-order valence-corrected chi connectivity index (χ0v) is 12.1. The van der Waals surface area contributed by atoms with Gasteiger partial charge >= 0.3 is 5.97 Å². The predicted molar refractivity (Wildman–Crippen MR) is 81.3 cm³/mol. The van der Waals surface area contributed by atoms with E-state index in [4.69, 9.17) is 4.42 Å². The van der Waals surface area contributed by atoms with Gasteiger partial charge in [-0.1, -0.05) is 31.0 Å². The lowest BCUT2D eigenvalue weighted by Crippen LogP contribution is -2.01. The summed E-state index contributed by atoms with van der Waals surface area (Å²) >= 11 is 1.79. The molecule has 4 heteroatoms. The number of benzene rings is 1. The number of aromatic carboxylic acids is 1. The zero-order chi connectivity index (χ0) is 13.9. The van der Waals surface area contributed by atoms with E-state index in [0.29, 0.717) is 28.0 Å². The fourth-order valence-corrected chi connectivity index (χ4v) is 4.10. The highest BCUT2D eigenvalue weighted by Crippen LogP contribution is 2.32. The Morgan fingerprint density at radius 3 is 2.80 bits per heavy atom. The molecule has 0 unspecified atom stereocenters. The van der Waals surface area contributed by atoms with Crippen molar-refractivity contribution < 1.29 is 14.3 Å². The topological polar surface area (TPSA) is 50.4 Å². The second kappa shape index (κ2) is 5.92. The minimum absolute atomic E-state index is 0.333. The second-order valence-electron chi connectivity index (χ2n) is 5.37. The standard InChI is InChI=1S/C16H18O3S/c17-16(18)15-12-7-3-4-8-13(12)19-14(15)10-20-9-11-5-1-2-6-11/h3-4,7-8,11H,1-2,5-6,9-10H2,(H,17,18). The normalized spacial score (nSPS) is 16.0. The number of carboxylic acids is 1. The smallest absolute Gasteiger partial charge is 0.339 e. The lowest BCUT2D eigenvalue weighted by atomic mass is 10.1. The lowest BCUT2D eigenvalue weighted by molar-refractivity contribution is 0.0697. The highest BCUT2D eigenvalue weighted by molar-refractivity contribution is 7.98. The second-order valence-corrected chi connectivity index (χ2v) is 6.40. The molecule has 1 aliphatic rings. The molecule has 1 aliphatic carbocycles. The number of rotatable bonds is 5. The van der Waals surface area contributed by atoms with Crippen molar-refractivity contribution in [2.45, 2.75) is 31.4 Å². The molecular weight excluding hydrogens is 272 g/mol. The summed E-state index contributed by atoms with van der Waals surface area (Å²) in [7, 11) is 0. The maximum atomic E-state index is 11.4. The van der Waals surface area contributed by atoms with Gasteiger partial charge in [-0.2, -0.15) is 11.8 Å². The summed E-state index contributed by atoms with van der Waals surface area (Å²) in [6.45, 7) is 0. The Balaban J connectivity index is 1.76. The molecule has 1 aromatic heterocycles. The summed E-state index contributed by atoms with van der Waals surface area (Å²) in [5, 5.41) is 10.1. The average Bonchev–Trinajstić information content (AvgIpc) is 3.05. The van der Waals surface area contributed by atoms with Gasteiger partial charge in [0.1, 0.15) is 16.9 Å². The molecule has 0 atom stereocenters. The molecule has 1 aromatic carbocycles. The van der Waals surface area contributed by atoms with Crippen LogP contribution in [-0.4, -0.2) is 16.8 Å². The van der Waals surface area contributed by atoms with Crippen LogP contribution in [0.1, 0.15) is 41.8 Å². The number of hydrogen-bond donors (Lipinski definition) is 1. The Labute approximate surface area is 122 Å². The summed E-state index contributed by atoms with van der Waals surface area (Å²) in [4.78, 5) is 11.4. The molecule has 20 heavy (non-hydrogen) atoms. The molecule has 0 saturated heterocycles. The first kappa shape index (κ1) is 13.6. The Kier molecular flexibility index (Phi) is 4.01. The number of para-hydroxylation sites is 1. The van der Waals surface area contributed by atoms with Crippen molar-refractivity contribution in [2.75, 3.05) is 5.75 Å². The van der Waals surface area contributed by atoms with E-state index >= 15 is 0 Å². The minimum atomic E-state index is -0.897. The average molecular weight is 290 g/mol. The van der Waals surface area contributed by atoms with Crippen LogP contribution < -0.4 is 0 Å². The van der Waals surface area contributed by atoms with Gasteiger partial charge in [0.2, 0.25) is 0 Å². The quantitative estimate of drug-likeness (QED) is 0.877. The van der Waals surface area contributed by atoms with Gasteiger partial charge in [-0.25, -0.2) is 4.79 Å². The number of carboxylic acid groups (broad SMARTS) is 1. The molecule has 3 rings (SSSR count). The van der Waals surface area contributed by atoms with Crippen LogP contribution in [0, 0.1) is 5.92 Å². The van der Waals surface area contributed by atoms with E-state index in [1.54, 1.807) is 11.8 Å². The Hall–Kier alpha value is -1.42. The fourth-order valence-electron chi connectivity index (χ4n) is 2.93. The molecule has 0 spiro atoms. The van der Waals surface area contributed by atoms with Gasteiger partial charge < -0.3 is 9.52 Å². The van der Waals surface area contributed by atoms with Crippen molar-refractivity contribution in [1.82, 2.24) is 0 Å². The van der Waals surface area contributed by atoms with E-state index in [2.05, 4.69) is 0 Å². The predicted octanol–water partition coefficient (Wildman–Crippen LogP) is 4.55. The first-order valence-corrected chi connectivity index (χ1v) is 8.22. The van der Waals surface area contributed by atoms with Crippen LogP contribution in [0.25, 0.3) is 11.0 Å². The molecule has 106 valence electrons. The van der Waals surface area contributed by atoms with Crippen molar-refractivity contribution in [3.8, 4) is 0 Å². The van der Waals surface area contributed by atoms with Gasteiger partial charge in [-0.3, -0.25) is 0 Å². The van der Waals surface area contributed by atoms with Gasteiger partial charge in [0.25, 0.3) is 0 Å². The van der Waals surface area contributed by atoms with Crippen LogP contribution in [0.4, 0.5) is 0 Å². The van der Waals surface area contributed by atoms with E-state index in [9.17, 15) is 9.90 Å². The van der Waals surface area contributed by atoms with Crippen LogP contribution in [0.3, 0.4) is 0 Å². The van der Waals surface area contributed by atoms with Gasteiger partial charge in [0.15, 0.2) is 0 Å². The first-order valence-electron chi connectivity index (χ1n) is 7.07. The SMILES string of the molecule is O=C(O)c1c(CSCC2CCCC2)oc2ccccc12. The number of hydrogen-bond acceptors (Lipinski definition) is 3. The van der Waals surface area contributed by atoms with E-state index in [1.807, 2.05) is 24.3 Å². The third-order valence-electron chi connectivity index (χ3n) is 3.94. The lowest BCUT2D eigenvalue weighted by Gasteiger charge is -2.07. The largest absolute Gasteiger partial charge is 0.478 e. The third kappa shape index (κ3) is 2.70. The summed E-state index contributed by atoms with van der Waals surface area (Å²) in [6.07, 6.45) is 5.32. The van der Waals surface area contributed by atoms with Gasteiger partial charge in [0.05, 0.1) is 5.75 Å². The summed E-state index contributed by atoms with van der Waals surface area (Å²) in [5.41, 5.74) is 1.00. The molecule has 1 fully saturated rings. The van der Waals surface area contributed by atoms with Crippen LogP contribution in [0.2, 0.25) is 0 Å². The highest BCUT2D eigenvalue weighted by atomic mass is 32.2. The Morgan fingerprint density at radius 2 is 2.05 bits per heavy atom. The Morgan fingerprint density at radius 1 is 1.30 bits per heavy atom. The summed E-state index contributed by atoms with van der Waals surface area (Å²) < 4.78 is 5.72. The van der Waals surface area contributed by atoms with Gasteiger partial charge in [-0.15, -0.1) is 0 Å². The first-order chi connectivity index (χ1) is 9.75. The number of thioether (sulfide) groups is 1. The minimum Gasteiger partial charge on any atom is -0.478 e. The van der Waals surface area contributed by atoms with Crippen LogP contribution in [-0.2, 0) is 5.75 Å². The molecule has 2 aromatic rings. The van der Waals surface area contributed by atoms with Crippen molar-refractivity contribution in [2.24, 2.45) is 5.92 Å². The van der Waals surface area contributed by atoms with Crippen LogP contribution in [0.15, 0.2) is 28.7 Å². The molecular formula is C16H18O3S. The van der Waals surface area contributed by atoms with Gasteiger partial charge in [0, 0.05) is 5.39 Å². The molecule has 1 saturated carbocycles. The van der Waals surface area contributed by atoms with Crippen molar-refractivity contribution >= 4 is 28.7 Å². The monoisotopic (exact) mass is 290 g/mol. The summed E-state index contributed by atoms with van der Waals surface area (Å²) in [5.74, 6) is 2.26. The van der Waals surface area contributed by atoms with Gasteiger partial charge in [-0.05, 0) is 30.6 Å². The molecule has 0 aliphatic heterocycles. The number of furan rings is 1. The van der Waals surface area contributed by atoms with Crippen molar-refractivity contribution in [3.05, 3.63) is 35.6 Å². The molecule has 1 heterocycles. The third-order valence-corrected chi connectivity index (χ3v) is 5.12. The summed E-state index contributed by atoms with van der Waals surface area (Å²) in [6, 6.07) is 7.35. The zero-order valence-electron chi connectivity index (χ0n) is 11.3. The molecule has 0 bridgehead atoms. The maximum Gasteiger partial charge on any atom is 0.339 e. The highest BCUT2D eigenvalue weighted by Gasteiger charge is 2.21. The van der Waals surface area contributed by atoms with Crippen LogP contribution in [0.5, 0.6) is 0 Å². The van der Waals surface area contributed by atoms with Crippen molar-refractivity contribution in [3.63, 3.8) is 0 Å². The van der Waals surface area contributed by atoms with E-state index < -0.39 is 5.97 Å². The van der Waals surface area contributed by atoms with Crippen molar-refractivity contribution in [1.29, 1.82) is 0 Å². The Bertz CT molecular complexity index is 611.